The molecule has 2 amide bonds. The second-order valence-corrected chi connectivity index (χ2v) is 8.50. The van der Waals surface area contributed by atoms with Crippen LogP contribution in [0, 0.1) is 0 Å². The summed E-state index contributed by atoms with van der Waals surface area (Å²) in [7, 11) is 0. The third kappa shape index (κ3) is 7.01. The van der Waals surface area contributed by atoms with E-state index in [0.717, 1.165) is 44.8 Å². The van der Waals surface area contributed by atoms with Crippen molar-refractivity contribution in [3.05, 3.63) is 64.7 Å². The third-order valence-electron chi connectivity index (χ3n) is 5.39. The molecule has 30 heavy (non-hydrogen) atoms. The van der Waals surface area contributed by atoms with Gasteiger partial charge in [0.1, 0.15) is 0 Å². The second-order valence-electron chi connectivity index (χ2n) is 8.07. The fourth-order valence-electron chi connectivity index (χ4n) is 3.56. The number of ether oxygens (including phenoxy) is 1. The molecule has 1 aliphatic heterocycles. The lowest BCUT2D eigenvalue weighted by molar-refractivity contribution is 0.0365. The molecule has 1 heterocycles. The van der Waals surface area contributed by atoms with Crippen molar-refractivity contribution < 1.29 is 9.53 Å². The molecule has 6 heteroatoms. The number of carbonyl (C=O) groups excluding carboxylic acids is 1. The molecule has 162 valence electrons. The molecule has 0 saturated carbocycles. The van der Waals surface area contributed by atoms with Crippen LogP contribution < -0.4 is 5.32 Å². The Labute approximate surface area is 185 Å². The number of morpholine rings is 1. The fourth-order valence-corrected chi connectivity index (χ4v) is 3.75. The molecule has 0 atom stereocenters. The molecule has 1 fully saturated rings. The zero-order chi connectivity index (χ0) is 21.3. The summed E-state index contributed by atoms with van der Waals surface area (Å²) >= 11 is 6.07. The van der Waals surface area contributed by atoms with E-state index in [0.29, 0.717) is 29.7 Å². The first-order chi connectivity index (χ1) is 14.5. The summed E-state index contributed by atoms with van der Waals surface area (Å²) in [5, 5.41) is 3.60. The smallest absolute Gasteiger partial charge is 0.322 e. The van der Waals surface area contributed by atoms with E-state index in [-0.39, 0.29) is 6.03 Å². The largest absolute Gasteiger partial charge is 0.379 e. The Hall–Kier alpha value is -2.08. The zero-order valence-electron chi connectivity index (χ0n) is 17.9. The number of hydrogen-bond donors (Lipinski definition) is 1. The molecule has 1 saturated heterocycles. The van der Waals surface area contributed by atoms with Crippen molar-refractivity contribution in [3.8, 4) is 0 Å². The molecule has 5 nitrogen and oxygen atoms in total. The molecule has 1 aliphatic rings. The van der Waals surface area contributed by atoms with Gasteiger partial charge in [-0.2, -0.15) is 0 Å². The van der Waals surface area contributed by atoms with Gasteiger partial charge in [-0.05, 0) is 41.7 Å². The maximum absolute atomic E-state index is 13.0. The maximum atomic E-state index is 13.0. The lowest BCUT2D eigenvalue weighted by Gasteiger charge is -2.28. The van der Waals surface area contributed by atoms with Crippen LogP contribution in [0.5, 0.6) is 0 Å². The lowest BCUT2D eigenvalue weighted by Crippen LogP contribution is -2.40. The minimum Gasteiger partial charge on any atom is -0.379 e. The Morgan fingerprint density at radius 2 is 1.90 bits per heavy atom. The lowest BCUT2D eigenvalue weighted by atomic mass is 10.0. The fraction of sp³-hybridized carbons (Fsp3) is 0.458. The van der Waals surface area contributed by atoms with Gasteiger partial charge in [-0.1, -0.05) is 55.8 Å². The molecule has 1 N–H and O–H groups in total. The van der Waals surface area contributed by atoms with E-state index in [9.17, 15) is 4.79 Å². The van der Waals surface area contributed by atoms with Gasteiger partial charge in [0.25, 0.3) is 0 Å². The number of amides is 2. The second kappa shape index (κ2) is 11.3. The minimum absolute atomic E-state index is 0.104. The van der Waals surface area contributed by atoms with Gasteiger partial charge in [-0.25, -0.2) is 4.79 Å². The van der Waals surface area contributed by atoms with Crippen molar-refractivity contribution in [1.82, 2.24) is 9.80 Å². The predicted molar refractivity (Wildman–Crippen MR) is 123 cm³/mol. The first-order valence-electron chi connectivity index (χ1n) is 10.7. The minimum atomic E-state index is -0.104. The first-order valence-corrected chi connectivity index (χ1v) is 11.1. The van der Waals surface area contributed by atoms with E-state index in [1.165, 1.54) is 5.56 Å². The number of nitrogens with one attached hydrogen (secondary N) is 1. The summed E-state index contributed by atoms with van der Waals surface area (Å²) in [4.78, 5) is 17.3. The van der Waals surface area contributed by atoms with Crippen LogP contribution in [-0.4, -0.2) is 55.2 Å². The summed E-state index contributed by atoms with van der Waals surface area (Å²) < 4.78 is 5.42. The number of anilines is 1. The average molecular weight is 430 g/mol. The highest BCUT2D eigenvalue weighted by Crippen LogP contribution is 2.18. The summed E-state index contributed by atoms with van der Waals surface area (Å²) in [6, 6.07) is 15.7. The van der Waals surface area contributed by atoms with Crippen molar-refractivity contribution in [3.63, 3.8) is 0 Å². The highest BCUT2D eigenvalue weighted by molar-refractivity contribution is 6.30. The van der Waals surface area contributed by atoms with Crippen molar-refractivity contribution in [2.45, 2.75) is 32.7 Å². The Balaban J connectivity index is 1.64. The van der Waals surface area contributed by atoms with Crippen molar-refractivity contribution in [2.75, 3.05) is 44.7 Å². The zero-order valence-corrected chi connectivity index (χ0v) is 18.7. The number of urea groups is 1. The molecule has 0 bridgehead atoms. The number of nitrogens with zero attached hydrogens (tertiary/aromatic N) is 2. The standard InChI is InChI=1S/C24H32ClN3O2/c1-19(2)21-9-7-20(8-10-21)18-28(12-4-11-27-13-15-30-16-14-27)24(29)26-23-6-3-5-22(25)17-23/h3,5-10,17,19H,4,11-16,18H2,1-2H3,(H,26,29). The molecule has 3 rings (SSSR count). The molecule has 0 aromatic heterocycles. The van der Waals surface area contributed by atoms with Gasteiger partial charge in [0.05, 0.1) is 13.2 Å². The summed E-state index contributed by atoms with van der Waals surface area (Å²) in [6.45, 7) is 10.1. The molecule has 2 aromatic carbocycles. The Morgan fingerprint density at radius 1 is 1.17 bits per heavy atom. The van der Waals surface area contributed by atoms with E-state index >= 15 is 0 Å². The number of halogens is 1. The van der Waals surface area contributed by atoms with Gasteiger partial charge in [0, 0.05) is 43.4 Å². The van der Waals surface area contributed by atoms with Gasteiger partial charge < -0.3 is 15.0 Å². The monoisotopic (exact) mass is 429 g/mol. The van der Waals surface area contributed by atoms with Gasteiger partial charge in [0.2, 0.25) is 0 Å². The quantitative estimate of drug-likeness (QED) is 0.625. The van der Waals surface area contributed by atoms with Crippen molar-refractivity contribution >= 4 is 23.3 Å². The van der Waals surface area contributed by atoms with Crippen LogP contribution in [0.25, 0.3) is 0 Å². The van der Waals surface area contributed by atoms with Gasteiger partial charge in [0.15, 0.2) is 0 Å². The van der Waals surface area contributed by atoms with Crippen LogP contribution >= 0.6 is 11.6 Å². The van der Waals surface area contributed by atoms with Crippen LogP contribution in [0.4, 0.5) is 10.5 Å². The topological polar surface area (TPSA) is 44.8 Å². The Bertz CT molecular complexity index is 804. The normalized spacial score (nSPS) is 14.7. The van der Waals surface area contributed by atoms with E-state index in [1.807, 2.05) is 17.0 Å². The van der Waals surface area contributed by atoms with E-state index in [1.54, 1.807) is 12.1 Å². The highest BCUT2D eigenvalue weighted by Gasteiger charge is 2.16. The summed E-state index contributed by atoms with van der Waals surface area (Å²) in [5.41, 5.74) is 3.15. The van der Waals surface area contributed by atoms with Crippen LogP contribution in [0.15, 0.2) is 48.5 Å². The molecular formula is C24H32ClN3O2. The molecule has 0 unspecified atom stereocenters. The summed E-state index contributed by atoms with van der Waals surface area (Å²) in [5.74, 6) is 0.495. The Morgan fingerprint density at radius 3 is 2.57 bits per heavy atom. The van der Waals surface area contributed by atoms with Crippen LogP contribution in [-0.2, 0) is 11.3 Å². The van der Waals surface area contributed by atoms with Gasteiger partial charge >= 0.3 is 6.03 Å². The number of rotatable bonds is 8. The maximum Gasteiger partial charge on any atom is 0.322 e. The third-order valence-corrected chi connectivity index (χ3v) is 5.62. The number of benzene rings is 2. The molecule has 2 aromatic rings. The van der Waals surface area contributed by atoms with E-state index in [4.69, 9.17) is 16.3 Å². The highest BCUT2D eigenvalue weighted by atomic mass is 35.5. The first kappa shape index (κ1) is 22.6. The Kier molecular flexibility index (Phi) is 8.55. The van der Waals surface area contributed by atoms with Gasteiger partial charge in [-0.15, -0.1) is 0 Å². The SMILES string of the molecule is CC(C)c1ccc(CN(CCCN2CCOCC2)C(=O)Nc2cccc(Cl)c2)cc1. The molecule has 0 spiro atoms. The van der Waals surface area contributed by atoms with Crippen molar-refractivity contribution in [1.29, 1.82) is 0 Å². The molecule has 0 aliphatic carbocycles. The molecular weight excluding hydrogens is 398 g/mol. The van der Waals surface area contributed by atoms with E-state index in [2.05, 4.69) is 48.3 Å². The van der Waals surface area contributed by atoms with Crippen LogP contribution in [0.3, 0.4) is 0 Å². The van der Waals surface area contributed by atoms with Crippen LogP contribution in [0.1, 0.15) is 37.3 Å². The van der Waals surface area contributed by atoms with Crippen molar-refractivity contribution in [2.24, 2.45) is 0 Å². The molecule has 0 radical (unpaired) electrons. The van der Waals surface area contributed by atoms with E-state index < -0.39 is 0 Å². The van der Waals surface area contributed by atoms with Crippen LogP contribution in [0.2, 0.25) is 5.02 Å². The predicted octanol–water partition coefficient (Wildman–Crippen LogP) is 5.22. The summed E-state index contributed by atoms with van der Waals surface area (Å²) in [6.07, 6.45) is 0.924. The number of hydrogen-bond acceptors (Lipinski definition) is 3. The average Bonchev–Trinajstić information content (AvgIpc) is 2.74. The van der Waals surface area contributed by atoms with Gasteiger partial charge in [-0.3, -0.25) is 4.90 Å². The number of carbonyl (C=O) groups is 1.